The fourth-order valence-corrected chi connectivity index (χ4v) is 2.26. The van der Waals surface area contributed by atoms with Gasteiger partial charge in [0, 0.05) is 10.5 Å². The third-order valence-electron chi connectivity index (χ3n) is 3.13. The van der Waals surface area contributed by atoms with Crippen LogP contribution in [0.1, 0.15) is 13.8 Å². The molecule has 23 heavy (non-hydrogen) atoms. The van der Waals surface area contributed by atoms with Crippen molar-refractivity contribution in [3.8, 4) is 23.1 Å². The van der Waals surface area contributed by atoms with Gasteiger partial charge < -0.3 is 4.74 Å². The van der Waals surface area contributed by atoms with Crippen LogP contribution < -0.4 is 4.74 Å². The van der Waals surface area contributed by atoms with E-state index in [9.17, 15) is 4.39 Å². The smallest absolute Gasteiger partial charge is 0.336 e. The number of ether oxygens (including phenoxy) is 1. The summed E-state index contributed by atoms with van der Waals surface area (Å²) in [5.74, 6) is 0.297. The Bertz CT molecular complexity index is 735. The maximum Gasteiger partial charge on any atom is 0.336 e. The number of nitrogens with zero attached hydrogens (tertiary/aromatic N) is 3. The molecule has 0 aliphatic heterocycles. The molecule has 118 valence electrons. The highest BCUT2D eigenvalue weighted by atomic mass is 32.1. The van der Waals surface area contributed by atoms with Crippen molar-refractivity contribution in [2.45, 2.75) is 24.8 Å². The van der Waals surface area contributed by atoms with Crippen molar-refractivity contribution >= 4 is 12.6 Å². The molecule has 0 saturated heterocycles. The van der Waals surface area contributed by atoms with Crippen LogP contribution in [0.2, 0.25) is 0 Å². The molecule has 3 rings (SSSR count). The van der Waals surface area contributed by atoms with Crippen molar-refractivity contribution in [1.82, 2.24) is 14.8 Å². The normalized spacial score (nSPS) is 11.0. The Morgan fingerprint density at radius 1 is 1.04 bits per heavy atom. The molecule has 0 atom stereocenters. The van der Waals surface area contributed by atoms with Crippen LogP contribution in [0.3, 0.4) is 0 Å². The summed E-state index contributed by atoms with van der Waals surface area (Å²) < 4.78 is 20.4. The zero-order chi connectivity index (χ0) is 16.4. The van der Waals surface area contributed by atoms with Gasteiger partial charge in [0.05, 0.1) is 11.8 Å². The lowest BCUT2D eigenvalue weighted by atomic mass is 10.2. The first-order valence-electron chi connectivity index (χ1n) is 7.22. The largest absolute Gasteiger partial charge is 0.460 e. The van der Waals surface area contributed by atoms with E-state index in [4.69, 9.17) is 4.74 Å². The van der Waals surface area contributed by atoms with Gasteiger partial charge in [0.25, 0.3) is 0 Å². The summed E-state index contributed by atoms with van der Waals surface area (Å²) in [4.78, 5) is 5.29. The summed E-state index contributed by atoms with van der Waals surface area (Å²) in [6.07, 6.45) is -0.0354. The first-order valence-corrected chi connectivity index (χ1v) is 7.67. The van der Waals surface area contributed by atoms with Gasteiger partial charge in [-0.25, -0.2) is 9.07 Å². The van der Waals surface area contributed by atoms with E-state index in [1.54, 1.807) is 16.8 Å². The highest BCUT2D eigenvalue weighted by Crippen LogP contribution is 2.24. The van der Waals surface area contributed by atoms with Crippen LogP contribution in [0.15, 0.2) is 53.4 Å². The number of hydrogen-bond donors (Lipinski definition) is 1. The van der Waals surface area contributed by atoms with Crippen molar-refractivity contribution < 1.29 is 9.13 Å². The molecule has 0 bridgehead atoms. The Labute approximate surface area is 139 Å². The minimum absolute atomic E-state index is 0.0354. The lowest BCUT2D eigenvalue weighted by Crippen LogP contribution is -2.07. The van der Waals surface area contributed by atoms with Gasteiger partial charge in [0.1, 0.15) is 5.82 Å². The van der Waals surface area contributed by atoms with Crippen LogP contribution in [-0.4, -0.2) is 20.9 Å². The van der Waals surface area contributed by atoms with Crippen molar-refractivity contribution in [3.63, 3.8) is 0 Å². The molecule has 1 heterocycles. The molecule has 0 fully saturated rings. The van der Waals surface area contributed by atoms with Crippen molar-refractivity contribution in [2.75, 3.05) is 0 Å². The molecule has 0 radical (unpaired) electrons. The third kappa shape index (κ3) is 3.53. The standard InChI is InChI=1S/C17H16FN3OS/c1-11(2)22-17-19-16(12-3-5-13(18)6-4-12)21(20-17)14-7-9-15(23)10-8-14/h3-11,23H,1-2H3. The molecule has 0 aliphatic rings. The topological polar surface area (TPSA) is 39.9 Å². The quantitative estimate of drug-likeness (QED) is 0.731. The van der Waals surface area contributed by atoms with Crippen LogP contribution in [0.25, 0.3) is 17.1 Å². The van der Waals surface area contributed by atoms with Gasteiger partial charge in [-0.3, -0.25) is 0 Å². The van der Waals surface area contributed by atoms with E-state index in [1.165, 1.54) is 12.1 Å². The number of hydrogen-bond acceptors (Lipinski definition) is 4. The molecule has 2 aromatic carbocycles. The van der Waals surface area contributed by atoms with E-state index < -0.39 is 0 Å². The van der Waals surface area contributed by atoms with Gasteiger partial charge in [-0.05, 0) is 62.4 Å². The number of aromatic nitrogens is 3. The number of benzene rings is 2. The molecule has 0 saturated carbocycles. The first kappa shape index (κ1) is 15.6. The van der Waals surface area contributed by atoms with Crippen LogP contribution in [-0.2, 0) is 0 Å². The highest BCUT2D eigenvalue weighted by molar-refractivity contribution is 7.80. The van der Waals surface area contributed by atoms with E-state index in [-0.39, 0.29) is 17.9 Å². The summed E-state index contributed by atoms with van der Waals surface area (Å²) in [6.45, 7) is 3.82. The Morgan fingerprint density at radius 2 is 1.70 bits per heavy atom. The minimum Gasteiger partial charge on any atom is -0.460 e. The second-order valence-electron chi connectivity index (χ2n) is 5.32. The van der Waals surface area contributed by atoms with Gasteiger partial charge in [-0.1, -0.05) is 0 Å². The molecular weight excluding hydrogens is 313 g/mol. The van der Waals surface area contributed by atoms with Gasteiger partial charge >= 0.3 is 6.01 Å². The van der Waals surface area contributed by atoms with E-state index >= 15 is 0 Å². The van der Waals surface area contributed by atoms with Crippen molar-refractivity contribution in [3.05, 3.63) is 54.3 Å². The van der Waals surface area contributed by atoms with Crippen molar-refractivity contribution in [2.24, 2.45) is 0 Å². The average Bonchev–Trinajstić information content (AvgIpc) is 2.91. The Balaban J connectivity index is 2.10. The molecule has 3 aromatic rings. The molecule has 0 unspecified atom stereocenters. The van der Waals surface area contributed by atoms with Crippen molar-refractivity contribution in [1.29, 1.82) is 0 Å². The summed E-state index contributed by atoms with van der Waals surface area (Å²) in [5, 5.41) is 4.41. The van der Waals surface area contributed by atoms with Crippen LogP contribution in [0.5, 0.6) is 6.01 Å². The fraction of sp³-hybridized carbons (Fsp3) is 0.176. The molecule has 0 spiro atoms. The predicted molar refractivity (Wildman–Crippen MR) is 89.8 cm³/mol. The second kappa shape index (κ2) is 6.42. The maximum absolute atomic E-state index is 13.2. The second-order valence-corrected chi connectivity index (χ2v) is 5.84. The zero-order valence-corrected chi connectivity index (χ0v) is 13.7. The summed E-state index contributed by atoms with van der Waals surface area (Å²) in [5.41, 5.74) is 1.58. The molecular formula is C17H16FN3OS. The third-order valence-corrected chi connectivity index (χ3v) is 3.42. The Hall–Kier alpha value is -2.34. The van der Waals surface area contributed by atoms with Gasteiger partial charge in [-0.2, -0.15) is 4.98 Å². The van der Waals surface area contributed by atoms with Gasteiger partial charge in [-0.15, -0.1) is 17.7 Å². The average molecular weight is 329 g/mol. The summed E-state index contributed by atoms with van der Waals surface area (Å²) >= 11 is 4.29. The van der Waals surface area contributed by atoms with Gasteiger partial charge in [0.15, 0.2) is 5.82 Å². The maximum atomic E-state index is 13.2. The molecule has 0 aliphatic carbocycles. The monoisotopic (exact) mass is 329 g/mol. The molecule has 0 N–H and O–H groups in total. The molecule has 4 nitrogen and oxygen atoms in total. The Kier molecular flexibility index (Phi) is 4.34. The van der Waals surface area contributed by atoms with Crippen LogP contribution in [0, 0.1) is 5.82 Å². The number of thiol groups is 1. The number of rotatable bonds is 4. The van der Waals surface area contributed by atoms with E-state index in [0.717, 1.165) is 16.1 Å². The molecule has 0 amide bonds. The number of halogens is 1. The first-order chi connectivity index (χ1) is 11.0. The predicted octanol–water partition coefficient (Wildman–Crippen LogP) is 4.15. The zero-order valence-electron chi connectivity index (χ0n) is 12.8. The Morgan fingerprint density at radius 3 is 2.30 bits per heavy atom. The summed E-state index contributed by atoms with van der Waals surface area (Å²) in [6, 6.07) is 13.9. The van der Waals surface area contributed by atoms with E-state index in [0.29, 0.717) is 5.82 Å². The summed E-state index contributed by atoms with van der Waals surface area (Å²) in [7, 11) is 0. The SMILES string of the molecule is CC(C)Oc1nc(-c2ccc(F)cc2)n(-c2ccc(S)cc2)n1. The van der Waals surface area contributed by atoms with Crippen LogP contribution >= 0.6 is 12.6 Å². The fourth-order valence-electron chi connectivity index (χ4n) is 2.11. The van der Waals surface area contributed by atoms with Crippen LogP contribution in [0.4, 0.5) is 4.39 Å². The van der Waals surface area contributed by atoms with E-state index in [1.807, 2.05) is 38.1 Å². The van der Waals surface area contributed by atoms with Gasteiger partial charge in [0.2, 0.25) is 0 Å². The minimum atomic E-state index is -0.294. The van der Waals surface area contributed by atoms with E-state index in [2.05, 4.69) is 22.7 Å². The highest BCUT2D eigenvalue weighted by Gasteiger charge is 2.15. The molecule has 1 aromatic heterocycles. The molecule has 6 heteroatoms. The lowest BCUT2D eigenvalue weighted by Gasteiger charge is -2.06. The lowest BCUT2D eigenvalue weighted by molar-refractivity contribution is 0.222.